The van der Waals surface area contributed by atoms with Crippen molar-refractivity contribution in [2.24, 2.45) is 0 Å². The van der Waals surface area contributed by atoms with E-state index in [2.05, 4.69) is 30.7 Å². The molecule has 4 rings (SSSR count). The molecule has 32 heavy (non-hydrogen) atoms. The molecule has 0 spiro atoms. The third-order valence-corrected chi connectivity index (χ3v) is 5.11. The maximum Gasteiger partial charge on any atom is 0.252 e. The number of nitrogen functional groups attached to an aromatic ring is 1. The van der Waals surface area contributed by atoms with E-state index in [0.717, 1.165) is 6.42 Å². The molecule has 9 nitrogen and oxygen atoms in total. The number of nitrogens with zero attached hydrogens (tertiary/aromatic N) is 4. The molecule has 0 atom stereocenters. The van der Waals surface area contributed by atoms with E-state index >= 15 is 0 Å². The van der Waals surface area contributed by atoms with Crippen molar-refractivity contribution in [2.75, 3.05) is 12.3 Å². The fraction of sp³-hybridized carbons (Fsp3) is 0.190. The molecule has 4 N–H and O–H groups in total. The highest BCUT2D eigenvalue weighted by Crippen LogP contribution is 2.34. The van der Waals surface area contributed by atoms with Crippen molar-refractivity contribution in [2.45, 2.75) is 20.0 Å². The number of pyridine rings is 2. The molecule has 3 heterocycles. The number of benzene rings is 1. The molecule has 3 aromatic heterocycles. The molecule has 0 saturated carbocycles. The number of amides is 1. The maximum absolute atomic E-state index is 14.6. The van der Waals surface area contributed by atoms with Crippen LogP contribution in [0.5, 0.6) is 5.75 Å². The summed E-state index contributed by atoms with van der Waals surface area (Å²) in [5, 5.41) is 13.2. The largest absolute Gasteiger partial charge is 0.486 e. The van der Waals surface area contributed by atoms with Gasteiger partial charge in [-0.25, -0.2) is 9.37 Å². The molecule has 4 aromatic rings. The lowest BCUT2D eigenvalue weighted by atomic mass is 10.0. The van der Waals surface area contributed by atoms with Crippen molar-refractivity contribution >= 4 is 34.5 Å². The van der Waals surface area contributed by atoms with Crippen LogP contribution in [-0.4, -0.2) is 37.8 Å². The summed E-state index contributed by atoms with van der Waals surface area (Å²) in [5.74, 6) is -0.304. The molecule has 0 unspecified atom stereocenters. The van der Waals surface area contributed by atoms with Crippen LogP contribution in [0.3, 0.4) is 0 Å². The lowest BCUT2D eigenvalue weighted by molar-refractivity contribution is 0.0953. The van der Waals surface area contributed by atoms with Crippen LogP contribution in [0, 0.1) is 5.82 Å². The first-order chi connectivity index (χ1) is 15.5. The van der Waals surface area contributed by atoms with Crippen molar-refractivity contribution in [3.05, 3.63) is 58.6 Å². The van der Waals surface area contributed by atoms with Gasteiger partial charge in [-0.2, -0.15) is 10.3 Å². The molecule has 164 valence electrons. The number of carbonyl (C=O) groups is 1. The number of hydrogen-bond acceptors (Lipinski definition) is 7. The monoisotopic (exact) mass is 455 g/mol. The molecule has 0 aliphatic heterocycles. The fourth-order valence-electron chi connectivity index (χ4n) is 3.09. The topological polar surface area (TPSA) is 132 Å². The average molecular weight is 456 g/mol. The first-order valence-corrected chi connectivity index (χ1v) is 10.2. The van der Waals surface area contributed by atoms with E-state index in [1.54, 1.807) is 12.3 Å². The van der Waals surface area contributed by atoms with Crippen LogP contribution in [0.2, 0.25) is 5.02 Å². The number of nitrogens with one attached hydrogen (secondary N) is 2. The molecular formula is C21H19ClFN7O2. The van der Waals surface area contributed by atoms with Crippen molar-refractivity contribution in [3.63, 3.8) is 0 Å². The molecule has 0 aliphatic carbocycles. The quantitative estimate of drug-likeness (QED) is 0.388. The highest BCUT2D eigenvalue weighted by molar-refractivity contribution is 6.34. The van der Waals surface area contributed by atoms with Gasteiger partial charge in [0.1, 0.15) is 18.2 Å². The lowest BCUT2D eigenvalue weighted by Gasteiger charge is -2.13. The second-order valence-electron chi connectivity index (χ2n) is 6.94. The molecule has 0 bridgehead atoms. The minimum atomic E-state index is -0.540. The van der Waals surface area contributed by atoms with E-state index in [0.29, 0.717) is 34.5 Å². The SMILES string of the molecule is CCCNC(=O)c1cncc(-c2ccc(F)c(COc3cc(N)nc4n[nH]nc34)c2Cl)c1. The zero-order valence-electron chi connectivity index (χ0n) is 17.0. The first kappa shape index (κ1) is 21.4. The highest BCUT2D eigenvalue weighted by atomic mass is 35.5. The highest BCUT2D eigenvalue weighted by Gasteiger charge is 2.17. The predicted octanol–water partition coefficient (Wildman–Crippen LogP) is 3.51. The number of ether oxygens (including phenoxy) is 1. The second-order valence-corrected chi connectivity index (χ2v) is 7.31. The smallest absolute Gasteiger partial charge is 0.252 e. The lowest BCUT2D eigenvalue weighted by Crippen LogP contribution is -2.24. The average Bonchev–Trinajstić information content (AvgIpc) is 3.26. The Morgan fingerprint density at radius 2 is 2.12 bits per heavy atom. The molecule has 0 saturated heterocycles. The number of rotatable bonds is 7. The molecule has 1 amide bonds. The van der Waals surface area contributed by atoms with Crippen LogP contribution in [0.15, 0.2) is 36.7 Å². The van der Waals surface area contributed by atoms with Gasteiger partial charge in [-0.1, -0.05) is 18.5 Å². The summed E-state index contributed by atoms with van der Waals surface area (Å²) in [6.07, 6.45) is 3.84. The van der Waals surface area contributed by atoms with Crippen LogP contribution in [0.25, 0.3) is 22.3 Å². The summed E-state index contributed by atoms with van der Waals surface area (Å²) < 4.78 is 20.4. The second kappa shape index (κ2) is 9.15. The zero-order valence-corrected chi connectivity index (χ0v) is 17.8. The Balaban J connectivity index is 1.63. The Labute approximate surface area is 187 Å². The molecule has 0 aliphatic rings. The number of halogens is 2. The Bertz CT molecular complexity index is 1290. The van der Waals surface area contributed by atoms with Gasteiger partial charge >= 0.3 is 0 Å². The zero-order chi connectivity index (χ0) is 22.7. The van der Waals surface area contributed by atoms with E-state index in [-0.39, 0.29) is 34.6 Å². The van der Waals surface area contributed by atoms with Gasteiger partial charge in [-0.15, -0.1) is 5.10 Å². The molecular weight excluding hydrogens is 437 g/mol. The predicted molar refractivity (Wildman–Crippen MR) is 118 cm³/mol. The van der Waals surface area contributed by atoms with Crippen LogP contribution in [0.4, 0.5) is 10.2 Å². The Hall–Kier alpha value is -3.79. The van der Waals surface area contributed by atoms with Gasteiger partial charge in [-0.3, -0.25) is 9.78 Å². The third kappa shape index (κ3) is 4.30. The van der Waals surface area contributed by atoms with Gasteiger partial charge < -0.3 is 15.8 Å². The van der Waals surface area contributed by atoms with Crippen LogP contribution in [0.1, 0.15) is 29.3 Å². The number of nitrogens with two attached hydrogens (primary N) is 1. The van der Waals surface area contributed by atoms with Crippen LogP contribution in [-0.2, 0) is 6.61 Å². The van der Waals surface area contributed by atoms with Crippen molar-refractivity contribution in [1.82, 2.24) is 30.7 Å². The van der Waals surface area contributed by atoms with Gasteiger partial charge in [0.05, 0.1) is 10.6 Å². The van der Waals surface area contributed by atoms with Gasteiger partial charge in [0.15, 0.2) is 11.3 Å². The molecule has 11 heteroatoms. The van der Waals surface area contributed by atoms with Crippen molar-refractivity contribution < 1.29 is 13.9 Å². The number of H-pyrrole nitrogens is 1. The first-order valence-electron chi connectivity index (χ1n) is 9.78. The van der Waals surface area contributed by atoms with E-state index in [1.807, 2.05) is 6.92 Å². The van der Waals surface area contributed by atoms with Gasteiger partial charge in [0.2, 0.25) is 5.65 Å². The molecule has 0 fully saturated rings. The third-order valence-electron chi connectivity index (χ3n) is 4.68. The van der Waals surface area contributed by atoms with E-state index < -0.39 is 5.82 Å². The van der Waals surface area contributed by atoms with E-state index in [9.17, 15) is 9.18 Å². The van der Waals surface area contributed by atoms with E-state index in [1.165, 1.54) is 24.4 Å². The summed E-state index contributed by atoms with van der Waals surface area (Å²) >= 11 is 6.54. The maximum atomic E-state index is 14.6. The number of carbonyl (C=O) groups excluding carboxylic acids is 1. The number of hydrogen-bond donors (Lipinski definition) is 3. The van der Waals surface area contributed by atoms with Crippen molar-refractivity contribution in [3.8, 4) is 16.9 Å². The molecule has 1 aromatic carbocycles. The fourth-order valence-corrected chi connectivity index (χ4v) is 3.41. The Morgan fingerprint density at radius 1 is 1.28 bits per heavy atom. The Kier molecular flexibility index (Phi) is 6.13. The minimum Gasteiger partial charge on any atom is -0.486 e. The number of anilines is 1. The summed E-state index contributed by atoms with van der Waals surface area (Å²) in [4.78, 5) is 20.4. The van der Waals surface area contributed by atoms with Crippen LogP contribution >= 0.6 is 11.6 Å². The van der Waals surface area contributed by atoms with Gasteiger partial charge in [0.25, 0.3) is 5.91 Å². The normalized spacial score (nSPS) is 11.0. The summed E-state index contributed by atoms with van der Waals surface area (Å²) in [5.41, 5.74) is 8.03. The van der Waals surface area contributed by atoms with Gasteiger partial charge in [0, 0.05) is 41.7 Å². The number of fused-ring (bicyclic) bond motifs is 1. The number of aromatic amines is 1. The van der Waals surface area contributed by atoms with Crippen LogP contribution < -0.4 is 15.8 Å². The van der Waals surface area contributed by atoms with E-state index in [4.69, 9.17) is 22.1 Å². The summed E-state index contributed by atoms with van der Waals surface area (Å²) in [6, 6.07) is 5.95. The number of aromatic nitrogens is 5. The van der Waals surface area contributed by atoms with Crippen molar-refractivity contribution in [1.29, 1.82) is 0 Å². The summed E-state index contributed by atoms with van der Waals surface area (Å²) in [6.45, 7) is 2.33. The molecule has 0 radical (unpaired) electrons. The standard InChI is InChI=1S/C21H19ClFN7O2/c1-2-5-26-21(31)12-6-11(8-25-9-12)13-3-4-15(23)14(18(13)22)10-32-16-7-17(24)27-20-19(16)28-30-29-20/h3-4,6-9H,2,5,10H2,1H3,(H,26,31)(H3,24,27,28,29,30). The summed E-state index contributed by atoms with van der Waals surface area (Å²) in [7, 11) is 0. The van der Waals surface area contributed by atoms with Gasteiger partial charge in [-0.05, 0) is 24.6 Å². The minimum absolute atomic E-state index is 0.136. The Morgan fingerprint density at radius 3 is 2.94 bits per heavy atom.